The molecule has 0 bridgehead atoms. The van der Waals surface area contributed by atoms with E-state index in [1.807, 2.05) is 35.3 Å². The van der Waals surface area contributed by atoms with Crippen LogP contribution in [0.3, 0.4) is 0 Å². The van der Waals surface area contributed by atoms with E-state index in [2.05, 4.69) is 15.4 Å². The van der Waals surface area contributed by atoms with E-state index in [4.69, 9.17) is 4.74 Å². The molecule has 0 atom stereocenters. The first-order chi connectivity index (χ1) is 8.88. The molecule has 0 saturated heterocycles. The monoisotopic (exact) mass is 246 g/mol. The number of rotatable bonds is 7. The molecule has 0 aromatic carbocycles. The summed E-state index contributed by atoms with van der Waals surface area (Å²) >= 11 is 0. The summed E-state index contributed by atoms with van der Waals surface area (Å²) in [5.74, 6) is 0.650. The largest absolute Gasteiger partial charge is 0.481 e. The van der Waals surface area contributed by atoms with Crippen LogP contribution in [-0.2, 0) is 13.1 Å². The van der Waals surface area contributed by atoms with Crippen molar-refractivity contribution in [3.63, 3.8) is 0 Å². The van der Waals surface area contributed by atoms with Gasteiger partial charge in [-0.1, -0.05) is 6.07 Å². The summed E-state index contributed by atoms with van der Waals surface area (Å²) in [6.07, 6.45) is 6.68. The lowest BCUT2D eigenvalue weighted by Gasteiger charge is -2.05. The van der Waals surface area contributed by atoms with Crippen LogP contribution in [0.5, 0.6) is 5.88 Å². The van der Waals surface area contributed by atoms with Gasteiger partial charge in [-0.05, 0) is 24.6 Å². The summed E-state index contributed by atoms with van der Waals surface area (Å²) in [5.41, 5.74) is 1.16. The van der Waals surface area contributed by atoms with E-state index in [1.165, 1.54) is 0 Å². The highest BCUT2D eigenvalue weighted by molar-refractivity contribution is 5.17. The third-order valence-corrected chi connectivity index (χ3v) is 2.64. The first-order valence-corrected chi connectivity index (χ1v) is 6.05. The van der Waals surface area contributed by atoms with Crippen molar-refractivity contribution < 1.29 is 4.74 Å². The Labute approximate surface area is 107 Å². The lowest BCUT2D eigenvalue weighted by Crippen LogP contribution is -2.16. The molecule has 96 valence electrons. The summed E-state index contributed by atoms with van der Waals surface area (Å²) in [6, 6.07) is 5.84. The molecule has 0 aliphatic rings. The fraction of sp³-hybridized carbons (Fsp3) is 0.385. The van der Waals surface area contributed by atoms with Crippen molar-refractivity contribution in [1.29, 1.82) is 0 Å². The van der Waals surface area contributed by atoms with Gasteiger partial charge >= 0.3 is 0 Å². The average molecular weight is 246 g/mol. The number of nitrogens with zero attached hydrogens (tertiary/aromatic N) is 3. The van der Waals surface area contributed by atoms with E-state index in [9.17, 15) is 0 Å². The first kappa shape index (κ1) is 12.6. The Morgan fingerprint density at radius 1 is 1.39 bits per heavy atom. The van der Waals surface area contributed by atoms with Crippen molar-refractivity contribution in [1.82, 2.24) is 20.1 Å². The van der Waals surface area contributed by atoms with E-state index in [-0.39, 0.29) is 0 Å². The maximum absolute atomic E-state index is 5.01. The Balaban J connectivity index is 1.62. The molecule has 0 unspecified atom stereocenters. The van der Waals surface area contributed by atoms with Crippen LogP contribution < -0.4 is 10.1 Å². The first-order valence-electron chi connectivity index (χ1n) is 6.05. The second-order valence-corrected chi connectivity index (χ2v) is 4.01. The Kier molecular flexibility index (Phi) is 4.72. The van der Waals surface area contributed by atoms with Gasteiger partial charge in [0, 0.05) is 37.7 Å². The van der Waals surface area contributed by atoms with Gasteiger partial charge in [0.15, 0.2) is 0 Å². The highest BCUT2D eigenvalue weighted by Crippen LogP contribution is 2.06. The predicted octanol–water partition coefficient (Wildman–Crippen LogP) is 1.47. The zero-order valence-corrected chi connectivity index (χ0v) is 10.5. The maximum atomic E-state index is 5.01. The third kappa shape index (κ3) is 3.85. The summed E-state index contributed by atoms with van der Waals surface area (Å²) in [6.45, 7) is 2.74. The van der Waals surface area contributed by atoms with Crippen molar-refractivity contribution in [2.45, 2.75) is 19.5 Å². The van der Waals surface area contributed by atoms with E-state index >= 15 is 0 Å². The molecule has 2 heterocycles. The topological polar surface area (TPSA) is 52.0 Å². The van der Waals surface area contributed by atoms with Gasteiger partial charge in [-0.25, -0.2) is 4.98 Å². The van der Waals surface area contributed by atoms with Gasteiger partial charge in [0.05, 0.1) is 7.11 Å². The highest BCUT2D eigenvalue weighted by atomic mass is 16.5. The Morgan fingerprint density at radius 3 is 3.00 bits per heavy atom. The minimum atomic E-state index is 0.650. The molecular formula is C13H18N4O. The molecule has 0 spiro atoms. The van der Waals surface area contributed by atoms with Crippen molar-refractivity contribution in [3.05, 3.63) is 42.4 Å². The number of hydrogen-bond acceptors (Lipinski definition) is 4. The Morgan fingerprint density at radius 2 is 2.33 bits per heavy atom. The van der Waals surface area contributed by atoms with E-state index < -0.39 is 0 Å². The summed E-state index contributed by atoms with van der Waals surface area (Å²) in [5, 5.41) is 7.54. The van der Waals surface area contributed by atoms with Gasteiger partial charge in [-0.2, -0.15) is 5.10 Å². The average Bonchev–Trinajstić information content (AvgIpc) is 2.92. The SMILES string of the molecule is COc1ccc(CNCCCn2cccn2)cn1. The molecule has 0 aliphatic heterocycles. The number of hydrogen-bond donors (Lipinski definition) is 1. The highest BCUT2D eigenvalue weighted by Gasteiger charge is 1.96. The fourth-order valence-electron chi connectivity index (χ4n) is 1.67. The second kappa shape index (κ2) is 6.76. The summed E-state index contributed by atoms with van der Waals surface area (Å²) < 4.78 is 6.95. The van der Waals surface area contributed by atoms with Crippen LogP contribution in [0.1, 0.15) is 12.0 Å². The molecule has 0 saturated carbocycles. The van der Waals surface area contributed by atoms with Crippen molar-refractivity contribution in [2.75, 3.05) is 13.7 Å². The van der Waals surface area contributed by atoms with Gasteiger partial charge < -0.3 is 10.1 Å². The van der Waals surface area contributed by atoms with Gasteiger partial charge in [-0.15, -0.1) is 0 Å². The molecule has 0 radical (unpaired) electrons. The molecule has 2 rings (SSSR count). The molecular weight excluding hydrogens is 228 g/mol. The standard InChI is InChI=1S/C13H18N4O/c1-18-13-5-4-12(11-15-13)10-14-6-2-8-17-9-3-7-16-17/h3-5,7,9,11,14H,2,6,8,10H2,1H3. The molecule has 5 heteroatoms. The fourth-order valence-corrected chi connectivity index (χ4v) is 1.67. The molecule has 18 heavy (non-hydrogen) atoms. The molecule has 5 nitrogen and oxygen atoms in total. The number of aromatic nitrogens is 3. The molecule has 0 aliphatic carbocycles. The van der Waals surface area contributed by atoms with E-state index in [0.29, 0.717) is 5.88 Å². The zero-order valence-electron chi connectivity index (χ0n) is 10.5. The van der Waals surface area contributed by atoms with E-state index in [1.54, 1.807) is 13.3 Å². The van der Waals surface area contributed by atoms with Crippen LogP contribution in [0.4, 0.5) is 0 Å². The summed E-state index contributed by atoms with van der Waals surface area (Å²) in [4.78, 5) is 4.16. The molecule has 1 N–H and O–H groups in total. The summed E-state index contributed by atoms with van der Waals surface area (Å²) in [7, 11) is 1.62. The molecule has 2 aromatic rings. The van der Waals surface area contributed by atoms with Crippen molar-refractivity contribution >= 4 is 0 Å². The van der Waals surface area contributed by atoms with Crippen LogP contribution in [0.15, 0.2) is 36.8 Å². The van der Waals surface area contributed by atoms with Gasteiger partial charge in [0.1, 0.15) is 0 Å². The second-order valence-electron chi connectivity index (χ2n) is 4.01. The normalized spacial score (nSPS) is 10.5. The van der Waals surface area contributed by atoms with Crippen LogP contribution >= 0.6 is 0 Å². The number of pyridine rings is 1. The van der Waals surface area contributed by atoms with Crippen LogP contribution in [0.2, 0.25) is 0 Å². The zero-order chi connectivity index (χ0) is 12.6. The molecule has 0 amide bonds. The lowest BCUT2D eigenvalue weighted by molar-refractivity contribution is 0.397. The number of methoxy groups -OCH3 is 1. The van der Waals surface area contributed by atoms with E-state index in [0.717, 1.165) is 31.6 Å². The Bertz CT molecular complexity index is 439. The number of ether oxygens (including phenoxy) is 1. The number of aryl methyl sites for hydroxylation is 1. The molecule has 0 fully saturated rings. The Hall–Kier alpha value is -1.88. The van der Waals surface area contributed by atoms with Crippen molar-refractivity contribution in [2.24, 2.45) is 0 Å². The van der Waals surface area contributed by atoms with Crippen LogP contribution in [0.25, 0.3) is 0 Å². The third-order valence-electron chi connectivity index (χ3n) is 2.64. The maximum Gasteiger partial charge on any atom is 0.212 e. The lowest BCUT2D eigenvalue weighted by atomic mass is 10.3. The van der Waals surface area contributed by atoms with Gasteiger partial charge in [-0.3, -0.25) is 4.68 Å². The minimum Gasteiger partial charge on any atom is -0.481 e. The smallest absolute Gasteiger partial charge is 0.212 e. The number of nitrogens with one attached hydrogen (secondary N) is 1. The van der Waals surface area contributed by atoms with Crippen LogP contribution in [-0.4, -0.2) is 28.4 Å². The van der Waals surface area contributed by atoms with Gasteiger partial charge in [0.2, 0.25) is 5.88 Å². The minimum absolute atomic E-state index is 0.650. The predicted molar refractivity (Wildman–Crippen MR) is 69.3 cm³/mol. The quantitative estimate of drug-likeness (QED) is 0.752. The van der Waals surface area contributed by atoms with Crippen molar-refractivity contribution in [3.8, 4) is 5.88 Å². The van der Waals surface area contributed by atoms with Gasteiger partial charge in [0.25, 0.3) is 0 Å². The molecule has 2 aromatic heterocycles. The van der Waals surface area contributed by atoms with Crippen LogP contribution in [0, 0.1) is 0 Å².